The molecule has 1 aromatic rings. The topological polar surface area (TPSA) is 38.9 Å². The maximum Gasteiger partial charge on any atom is 0.0967 e. The van der Waals surface area contributed by atoms with Crippen LogP contribution in [-0.2, 0) is 6.42 Å². The molecule has 16 heavy (non-hydrogen) atoms. The second-order valence-electron chi connectivity index (χ2n) is 5.93. The van der Waals surface area contributed by atoms with Gasteiger partial charge < -0.3 is 5.73 Å². The van der Waals surface area contributed by atoms with Gasteiger partial charge in [-0.3, -0.25) is 0 Å². The number of aryl methyl sites for hydroxylation is 1. The van der Waals surface area contributed by atoms with Crippen LogP contribution in [0, 0.1) is 5.41 Å². The van der Waals surface area contributed by atoms with E-state index >= 15 is 0 Å². The largest absolute Gasteiger partial charge is 0.330 e. The second-order valence-corrected chi connectivity index (χ2v) is 7.05. The normalized spacial score (nSPS) is 31.2. The lowest BCUT2D eigenvalue weighted by Gasteiger charge is -2.18. The monoisotopic (exact) mass is 236 g/mol. The molecule has 0 aliphatic heterocycles. The first-order chi connectivity index (χ1) is 7.62. The van der Waals surface area contributed by atoms with E-state index < -0.39 is 0 Å². The maximum absolute atomic E-state index is 5.84. The molecular formula is C13H20N2S. The zero-order valence-corrected chi connectivity index (χ0v) is 10.9. The summed E-state index contributed by atoms with van der Waals surface area (Å²) >= 11 is 1.96. The molecule has 0 bridgehead atoms. The standard InChI is InChI=1S/C13H20N2S/c1-13(2)6-9(13)12-15-11-8(7-14)4-3-5-10(11)16-12/h8-9H,3-7,14H2,1-2H3. The molecule has 3 rings (SSSR count). The van der Waals surface area contributed by atoms with Gasteiger partial charge in [-0.2, -0.15) is 0 Å². The average Bonchev–Trinajstić information content (AvgIpc) is 2.74. The van der Waals surface area contributed by atoms with Crippen LogP contribution in [0.3, 0.4) is 0 Å². The maximum atomic E-state index is 5.84. The first-order valence-electron chi connectivity index (χ1n) is 6.31. The molecule has 1 fully saturated rings. The van der Waals surface area contributed by atoms with Crippen molar-refractivity contribution in [1.82, 2.24) is 4.98 Å². The number of fused-ring (bicyclic) bond motifs is 1. The summed E-state index contributed by atoms with van der Waals surface area (Å²) in [5.74, 6) is 1.26. The summed E-state index contributed by atoms with van der Waals surface area (Å²) in [6.45, 7) is 5.46. The summed E-state index contributed by atoms with van der Waals surface area (Å²) in [5.41, 5.74) is 7.68. The van der Waals surface area contributed by atoms with Crippen molar-refractivity contribution in [3.8, 4) is 0 Å². The predicted octanol–water partition coefficient (Wildman–Crippen LogP) is 3.04. The van der Waals surface area contributed by atoms with E-state index in [1.165, 1.54) is 41.3 Å². The highest BCUT2D eigenvalue weighted by Crippen LogP contribution is 2.59. The summed E-state index contributed by atoms with van der Waals surface area (Å²) < 4.78 is 0. The van der Waals surface area contributed by atoms with Crippen molar-refractivity contribution in [3.63, 3.8) is 0 Å². The lowest BCUT2D eigenvalue weighted by Crippen LogP contribution is -2.17. The molecule has 1 saturated carbocycles. The van der Waals surface area contributed by atoms with E-state index in [2.05, 4.69) is 13.8 Å². The molecule has 88 valence electrons. The summed E-state index contributed by atoms with van der Waals surface area (Å²) in [6.07, 6.45) is 5.08. The van der Waals surface area contributed by atoms with Crippen LogP contribution in [0.5, 0.6) is 0 Å². The molecule has 2 nitrogen and oxygen atoms in total. The van der Waals surface area contributed by atoms with Crippen molar-refractivity contribution >= 4 is 11.3 Å². The van der Waals surface area contributed by atoms with Gasteiger partial charge in [-0.25, -0.2) is 4.98 Å². The van der Waals surface area contributed by atoms with Crippen LogP contribution in [0.2, 0.25) is 0 Å². The van der Waals surface area contributed by atoms with Gasteiger partial charge in [0.1, 0.15) is 0 Å². The molecule has 0 spiro atoms. The molecule has 1 aromatic heterocycles. The Balaban J connectivity index is 1.91. The molecule has 1 heterocycles. The number of nitrogens with two attached hydrogens (primary N) is 1. The summed E-state index contributed by atoms with van der Waals surface area (Å²) in [7, 11) is 0. The summed E-state index contributed by atoms with van der Waals surface area (Å²) in [5, 5.41) is 1.38. The first kappa shape index (κ1) is 10.7. The molecule has 2 atom stereocenters. The molecule has 2 N–H and O–H groups in total. The molecule has 3 heteroatoms. The third kappa shape index (κ3) is 1.61. The van der Waals surface area contributed by atoms with Crippen LogP contribution in [0.1, 0.15) is 60.5 Å². The fraction of sp³-hybridized carbons (Fsp3) is 0.769. The number of thiazole rings is 1. The summed E-state index contributed by atoms with van der Waals surface area (Å²) in [4.78, 5) is 6.43. The van der Waals surface area contributed by atoms with E-state index in [0.717, 1.165) is 12.5 Å². The number of nitrogens with zero attached hydrogens (tertiary/aromatic N) is 1. The number of rotatable bonds is 2. The van der Waals surface area contributed by atoms with Crippen molar-refractivity contribution in [3.05, 3.63) is 15.6 Å². The molecule has 0 saturated heterocycles. The molecule has 0 amide bonds. The number of hydrogen-bond donors (Lipinski definition) is 1. The van der Waals surface area contributed by atoms with Crippen molar-refractivity contribution in [2.75, 3.05) is 6.54 Å². The molecule has 0 aromatic carbocycles. The van der Waals surface area contributed by atoms with Gasteiger partial charge in [-0.1, -0.05) is 13.8 Å². The SMILES string of the molecule is CC1(C)CC1c1nc2c(s1)CCCC2CN. The predicted molar refractivity (Wildman–Crippen MR) is 68.0 cm³/mol. The van der Waals surface area contributed by atoms with E-state index in [9.17, 15) is 0 Å². The van der Waals surface area contributed by atoms with Crippen molar-refractivity contribution < 1.29 is 0 Å². The highest BCUT2D eigenvalue weighted by Gasteiger charge is 2.48. The van der Waals surface area contributed by atoms with Crippen molar-refractivity contribution in [2.45, 2.75) is 51.4 Å². The Labute approximate surface area is 101 Å². The van der Waals surface area contributed by atoms with E-state index in [1.807, 2.05) is 11.3 Å². The third-order valence-corrected chi connectivity index (χ3v) is 5.43. The average molecular weight is 236 g/mol. The van der Waals surface area contributed by atoms with Crippen LogP contribution in [-0.4, -0.2) is 11.5 Å². The van der Waals surface area contributed by atoms with Crippen LogP contribution in [0.25, 0.3) is 0 Å². The first-order valence-corrected chi connectivity index (χ1v) is 7.13. The van der Waals surface area contributed by atoms with Gasteiger partial charge in [0.15, 0.2) is 0 Å². The molecule has 2 aliphatic rings. The minimum atomic E-state index is 0.499. The Morgan fingerprint density at radius 2 is 2.25 bits per heavy atom. The zero-order chi connectivity index (χ0) is 11.3. The second kappa shape index (κ2) is 3.54. The Morgan fingerprint density at radius 3 is 2.88 bits per heavy atom. The quantitative estimate of drug-likeness (QED) is 0.857. The smallest absolute Gasteiger partial charge is 0.0967 e. The Hall–Kier alpha value is -0.410. The molecule has 2 aliphatic carbocycles. The number of aromatic nitrogens is 1. The van der Waals surface area contributed by atoms with Gasteiger partial charge >= 0.3 is 0 Å². The zero-order valence-electron chi connectivity index (χ0n) is 10.1. The molecular weight excluding hydrogens is 216 g/mol. The van der Waals surface area contributed by atoms with Crippen molar-refractivity contribution in [2.24, 2.45) is 11.1 Å². The van der Waals surface area contributed by atoms with E-state index in [0.29, 0.717) is 11.3 Å². The van der Waals surface area contributed by atoms with Gasteiger partial charge in [0, 0.05) is 23.3 Å². The van der Waals surface area contributed by atoms with E-state index in [-0.39, 0.29) is 0 Å². The highest BCUT2D eigenvalue weighted by atomic mass is 32.1. The van der Waals surface area contributed by atoms with Gasteiger partial charge in [-0.15, -0.1) is 11.3 Å². The minimum absolute atomic E-state index is 0.499. The lowest BCUT2D eigenvalue weighted by molar-refractivity contribution is 0.551. The van der Waals surface area contributed by atoms with Crippen LogP contribution >= 0.6 is 11.3 Å². The van der Waals surface area contributed by atoms with Gasteiger partial charge in [-0.05, 0) is 31.1 Å². The molecule has 2 unspecified atom stereocenters. The van der Waals surface area contributed by atoms with Gasteiger partial charge in [0.05, 0.1) is 10.7 Å². The Bertz CT molecular complexity index is 408. The molecule has 0 radical (unpaired) electrons. The Kier molecular flexibility index (Phi) is 2.37. The fourth-order valence-corrected chi connectivity index (χ4v) is 4.30. The van der Waals surface area contributed by atoms with Crippen LogP contribution in [0.4, 0.5) is 0 Å². The Morgan fingerprint density at radius 1 is 1.50 bits per heavy atom. The highest BCUT2D eigenvalue weighted by molar-refractivity contribution is 7.11. The van der Waals surface area contributed by atoms with Crippen LogP contribution < -0.4 is 5.73 Å². The summed E-state index contributed by atoms with van der Waals surface area (Å²) in [6, 6.07) is 0. The minimum Gasteiger partial charge on any atom is -0.330 e. The van der Waals surface area contributed by atoms with E-state index in [1.54, 1.807) is 0 Å². The lowest BCUT2D eigenvalue weighted by atomic mass is 9.91. The van der Waals surface area contributed by atoms with Gasteiger partial charge in [0.25, 0.3) is 0 Å². The van der Waals surface area contributed by atoms with Crippen molar-refractivity contribution in [1.29, 1.82) is 0 Å². The van der Waals surface area contributed by atoms with Crippen LogP contribution in [0.15, 0.2) is 0 Å². The fourth-order valence-electron chi connectivity index (χ4n) is 2.79. The third-order valence-electron chi connectivity index (χ3n) is 4.18. The van der Waals surface area contributed by atoms with Gasteiger partial charge in [0.2, 0.25) is 0 Å². The number of hydrogen-bond acceptors (Lipinski definition) is 3. The van der Waals surface area contributed by atoms with E-state index in [4.69, 9.17) is 10.7 Å².